The zero-order valence-electron chi connectivity index (χ0n) is 18.2. The van der Waals surface area contributed by atoms with Crippen LogP contribution in [0, 0.1) is 34.5 Å². The van der Waals surface area contributed by atoms with Gasteiger partial charge in [-0.05, 0) is 104 Å². The van der Waals surface area contributed by atoms with Gasteiger partial charge in [0.05, 0.1) is 0 Å². The van der Waals surface area contributed by atoms with Crippen molar-refractivity contribution in [2.75, 3.05) is 6.61 Å². The van der Waals surface area contributed by atoms with Gasteiger partial charge < -0.3 is 5.11 Å². The van der Waals surface area contributed by atoms with Crippen LogP contribution in [0.5, 0.6) is 0 Å². The van der Waals surface area contributed by atoms with Crippen LogP contribution in [0.25, 0.3) is 0 Å². The maximum Gasteiger partial charge on any atom is 0.156 e. The molecule has 4 aliphatic carbocycles. The van der Waals surface area contributed by atoms with Crippen molar-refractivity contribution in [1.29, 1.82) is 0 Å². The summed E-state index contributed by atoms with van der Waals surface area (Å²) < 4.78 is 0. The number of carbonyl (C=O) groups excluding carboxylic acids is 1. The predicted octanol–water partition coefficient (Wildman–Crippen LogP) is 6.10. The van der Waals surface area contributed by atoms with Crippen LogP contribution in [0.15, 0.2) is 23.3 Å². The molecule has 0 aromatic heterocycles. The first-order chi connectivity index (χ1) is 12.9. The lowest BCUT2D eigenvalue weighted by Gasteiger charge is -2.58. The van der Waals surface area contributed by atoms with Crippen LogP contribution >= 0.6 is 0 Å². The fourth-order valence-electron chi connectivity index (χ4n) is 7.50. The predicted molar refractivity (Wildman–Crippen MR) is 112 cm³/mol. The smallest absolute Gasteiger partial charge is 0.156 e. The summed E-state index contributed by atoms with van der Waals surface area (Å²) in [6.45, 7) is 11.5. The lowest BCUT2D eigenvalue weighted by molar-refractivity contribution is -0.117. The largest absolute Gasteiger partial charge is 0.396 e. The molecule has 0 aromatic rings. The third-order valence-corrected chi connectivity index (χ3v) is 8.89. The van der Waals surface area contributed by atoms with Crippen LogP contribution in [0.1, 0.15) is 86.0 Å². The maximum absolute atomic E-state index is 12.1. The van der Waals surface area contributed by atoms with E-state index >= 15 is 0 Å². The van der Waals surface area contributed by atoms with E-state index in [1.54, 1.807) is 0 Å². The molecule has 152 valence electrons. The molecule has 2 nitrogen and oxygen atoms in total. The number of fused-ring (bicyclic) bond motifs is 5. The number of rotatable bonds is 2. The average molecular weight is 373 g/mol. The minimum atomic E-state index is 0.203. The van der Waals surface area contributed by atoms with Crippen LogP contribution < -0.4 is 0 Å². The van der Waals surface area contributed by atoms with Gasteiger partial charge in [0, 0.05) is 13.0 Å². The summed E-state index contributed by atoms with van der Waals surface area (Å²) in [6, 6.07) is 0. The van der Waals surface area contributed by atoms with Gasteiger partial charge in [0.25, 0.3) is 0 Å². The second-order valence-electron chi connectivity index (χ2n) is 9.67. The Labute approximate surface area is 166 Å². The highest BCUT2D eigenvalue weighted by Crippen LogP contribution is 2.67. The molecule has 1 N–H and O–H groups in total. The number of hydrogen-bond acceptors (Lipinski definition) is 2. The fourth-order valence-corrected chi connectivity index (χ4v) is 7.50. The second-order valence-corrected chi connectivity index (χ2v) is 9.67. The number of allylic oxidation sites excluding steroid dienone is 3. The topological polar surface area (TPSA) is 37.3 Å². The van der Waals surface area contributed by atoms with E-state index in [-0.39, 0.29) is 5.41 Å². The van der Waals surface area contributed by atoms with Gasteiger partial charge in [0.2, 0.25) is 0 Å². The second kappa shape index (κ2) is 7.85. The van der Waals surface area contributed by atoms with E-state index in [1.807, 2.05) is 19.9 Å². The summed E-state index contributed by atoms with van der Waals surface area (Å²) >= 11 is 0. The zero-order chi connectivity index (χ0) is 19.8. The highest BCUT2D eigenvalue weighted by Gasteiger charge is 2.59. The molecule has 0 heterocycles. The van der Waals surface area contributed by atoms with E-state index < -0.39 is 0 Å². The van der Waals surface area contributed by atoms with E-state index in [1.165, 1.54) is 43.3 Å². The van der Waals surface area contributed by atoms with Gasteiger partial charge in [-0.25, -0.2) is 0 Å². The Bertz CT molecular complexity index is 630. The van der Waals surface area contributed by atoms with Gasteiger partial charge in [0.15, 0.2) is 5.78 Å². The quantitative estimate of drug-likeness (QED) is 0.636. The summed E-state index contributed by atoms with van der Waals surface area (Å²) in [5, 5.41) is 9.52. The van der Waals surface area contributed by atoms with E-state index in [0.29, 0.717) is 23.7 Å². The van der Waals surface area contributed by atoms with Crippen LogP contribution in [0.4, 0.5) is 0 Å². The van der Waals surface area contributed by atoms with Gasteiger partial charge >= 0.3 is 0 Å². The molecule has 0 saturated heterocycles. The number of aliphatic hydroxyl groups is 1. The molecular formula is C25H40O2. The first-order valence-corrected chi connectivity index (χ1v) is 11.5. The minimum absolute atomic E-state index is 0.203. The lowest BCUT2D eigenvalue weighted by Crippen LogP contribution is -2.51. The van der Waals surface area contributed by atoms with E-state index in [0.717, 1.165) is 37.0 Å². The van der Waals surface area contributed by atoms with E-state index in [2.05, 4.69) is 26.8 Å². The Morgan fingerprint density at radius 3 is 2.56 bits per heavy atom. The summed E-state index contributed by atoms with van der Waals surface area (Å²) in [7, 11) is 0. The van der Waals surface area contributed by atoms with Crippen molar-refractivity contribution in [2.45, 2.75) is 86.0 Å². The van der Waals surface area contributed by atoms with Crippen molar-refractivity contribution in [3.8, 4) is 0 Å². The Morgan fingerprint density at radius 1 is 1.15 bits per heavy atom. The number of carbonyl (C=O) groups is 1. The Hall–Kier alpha value is -0.890. The molecule has 0 aliphatic heterocycles. The monoisotopic (exact) mass is 372 g/mol. The van der Waals surface area contributed by atoms with Crippen molar-refractivity contribution in [3.63, 3.8) is 0 Å². The summed E-state index contributed by atoms with van der Waals surface area (Å²) in [5.74, 6) is 3.34. The molecule has 6 atom stereocenters. The van der Waals surface area contributed by atoms with Gasteiger partial charge in [-0.15, -0.1) is 0 Å². The molecule has 0 amide bonds. The molecule has 2 heteroatoms. The molecule has 3 fully saturated rings. The van der Waals surface area contributed by atoms with Crippen LogP contribution in [0.2, 0.25) is 0 Å². The summed E-state index contributed by atoms with van der Waals surface area (Å²) in [4.78, 5) is 12.1. The van der Waals surface area contributed by atoms with Gasteiger partial charge in [-0.1, -0.05) is 33.8 Å². The summed E-state index contributed by atoms with van der Waals surface area (Å²) in [5.41, 5.74) is 3.45. The molecule has 4 aliphatic rings. The molecule has 0 bridgehead atoms. The number of aliphatic hydroxyl groups excluding tert-OH is 1. The Morgan fingerprint density at radius 2 is 1.89 bits per heavy atom. The minimum Gasteiger partial charge on any atom is -0.396 e. The summed E-state index contributed by atoms with van der Waals surface area (Å²) in [6.07, 6.45) is 13.5. The molecule has 0 spiro atoms. The fraction of sp³-hybridized carbons (Fsp3) is 0.800. The van der Waals surface area contributed by atoms with Crippen molar-refractivity contribution >= 4 is 5.78 Å². The van der Waals surface area contributed by atoms with E-state index in [9.17, 15) is 9.90 Å². The molecule has 3 saturated carbocycles. The average Bonchev–Trinajstić information content (AvgIpc) is 3.00. The zero-order valence-corrected chi connectivity index (χ0v) is 18.2. The Balaban J connectivity index is 0.00000102. The first kappa shape index (κ1) is 20.8. The lowest BCUT2D eigenvalue weighted by atomic mass is 9.46. The highest BCUT2D eigenvalue weighted by molar-refractivity contribution is 5.92. The van der Waals surface area contributed by atoms with Crippen molar-refractivity contribution in [3.05, 3.63) is 23.3 Å². The molecular weight excluding hydrogens is 332 g/mol. The maximum atomic E-state index is 12.1. The van der Waals surface area contributed by atoms with Crippen molar-refractivity contribution < 1.29 is 9.90 Å². The normalized spacial score (nSPS) is 44.6. The highest BCUT2D eigenvalue weighted by atomic mass is 16.3. The van der Waals surface area contributed by atoms with Gasteiger partial charge in [-0.3, -0.25) is 4.79 Å². The van der Waals surface area contributed by atoms with Crippen LogP contribution in [-0.4, -0.2) is 17.5 Å². The molecule has 4 rings (SSSR count). The molecule has 2 unspecified atom stereocenters. The third kappa shape index (κ3) is 3.16. The first-order valence-electron chi connectivity index (χ1n) is 11.5. The van der Waals surface area contributed by atoms with Crippen molar-refractivity contribution in [1.82, 2.24) is 0 Å². The molecule has 0 radical (unpaired) electrons. The number of hydrogen-bond donors (Lipinski definition) is 1. The number of ketones is 1. The van der Waals surface area contributed by atoms with Crippen LogP contribution in [0.3, 0.4) is 0 Å². The third-order valence-electron chi connectivity index (χ3n) is 8.89. The van der Waals surface area contributed by atoms with Crippen molar-refractivity contribution in [2.24, 2.45) is 34.5 Å². The van der Waals surface area contributed by atoms with E-state index in [4.69, 9.17) is 0 Å². The van der Waals surface area contributed by atoms with Gasteiger partial charge in [-0.2, -0.15) is 0 Å². The van der Waals surface area contributed by atoms with Gasteiger partial charge in [0.1, 0.15) is 0 Å². The SMILES string of the molecule is C/C=C1/C[C@@H]2C(CC[C@@]3(C)C2CC[C@@H]3CCO)[C@@]2(C)CCC(=O)C=C12.CC. The molecule has 27 heavy (non-hydrogen) atoms. The Kier molecular flexibility index (Phi) is 6.06. The standard InChI is InChI=1S/C23H34O2.C2H6/c1-4-15-13-18-19-6-5-16(9-12-24)22(19,2)11-8-20(18)23(3)10-7-17(25)14-21(15)23;1-2/h4,14,16,18-20,24H,5-13H2,1-3H3;1-2H3/b15-4-;/t16-,18+,19?,20?,22-,23-;/m1./s1. The molecule has 0 aromatic carbocycles. The van der Waals surface area contributed by atoms with Crippen LogP contribution in [-0.2, 0) is 4.79 Å².